The monoisotopic (exact) mass is 350 g/mol. The molecule has 23 heavy (non-hydrogen) atoms. The van der Waals surface area contributed by atoms with E-state index in [0.717, 1.165) is 22.4 Å². The van der Waals surface area contributed by atoms with Crippen LogP contribution in [-0.4, -0.2) is 21.9 Å². The Morgan fingerprint density at radius 1 is 1.09 bits per heavy atom. The minimum atomic E-state index is -0.108. The third-order valence-electron chi connectivity index (χ3n) is 3.55. The van der Waals surface area contributed by atoms with Crippen LogP contribution < -0.4 is 10.6 Å². The van der Waals surface area contributed by atoms with Gasteiger partial charge in [-0.15, -0.1) is 0 Å². The van der Waals surface area contributed by atoms with Crippen molar-refractivity contribution in [1.29, 1.82) is 0 Å². The summed E-state index contributed by atoms with van der Waals surface area (Å²) < 4.78 is 0. The van der Waals surface area contributed by atoms with Crippen molar-refractivity contribution in [2.75, 3.05) is 11.9 Å². The highest BCUT2D eigenvalue weighted by molar-refractivity contribution is 7.80. The minimum Gasteiger partial charge on any atom is -0.504 e. The highest BCUT2D eigenvalue weighted by Gasteiger charge is 2.06. The zero-order chi connectivity index (χ0) is 17.0. The average molecular weight is 351 g/mol. The van der Waals surface area contributed by atoms with Gasteiger partial charge in [0.1, 0.15) is 0 Å². The smallest absolute Gasteiger partial charge is 0.170 e. The van der Waals surface area contributed by atoms with Gasteiger partial charge < -0.3 is 20.8 Å². The van der Waals surface area contributed by atoms with Gasteiger partial charge in [-0.2, -0.15) is 0 Å². The highest BCUT2D eigenvalue weighted by Crippen LogP contribution is 2.28. The summed E-state index contributed by atoms with van der Waals surface area (Å²) in [7, 11) is 0. The fourth-order valence-corrected chi connectivity index (χ4v) is 2.68. The van der Waals surface area contributed by atoms with Crippen LogP contribution in [0.25, 0.3) is 0 Å². The molecule has 0 amide bonds. The maximum atomic E-state index is 9.56. The molecule has 0 bridgehead atoms. The summed E-state index contributed by atoms with van der Waals surface area (Å²) in [6.07, 6.45) is 0.682. The molecule has 0 saturated carbocycles. The number of benzene rings is 2. The Hall–Kier alpha value is -1.98. The molecule has 4 N–H and O–H groups in total. The Labute approximate surface area is 146 Å². The Kier molecular flexibility index (Phi) is 5.69. The van der Waals surface area contributed by atoms with E-state index in [2.05, 4.69) is 10.6 Å². The fraction of sp³-hybridized carbons (Fsp3) is 0.235. The number of nitrogens with one attached hydrogen (secondary N) is 2. The molecule has 0 unspecified atom stereocenters. The van der Waals surface area contributed by atoms with Gasteiger partial charge in [-0.1, -0.05) is 11.6 Å². The first-order valence-electron chi connectivity index (χ1n) is 7.19. The van der Waals surface area contributed by atoms with E-state index in [1.807, 2.05) is 32.0 Å². The largest absolute Gasteiger partial charge is 0.504 e. The van der Waals surface area contributed by atoms with E-state index in [1.165, 1.54) is 0 Å². The number of halogens is 1. The zero-order valence-corrected chi connectivity index (χ0v) is 14.6. The number of hydrogen-bond acceptors (Lipinski definition) is 3. The molecule has 2 aromatic rings. The number of phenols is 2. The predicted molar refractivity (Wildman–Crippen MR) is 98.6 cm³/mol. The van der Waals surface area contributed by atoms with Crippen LogP contribution in [0.5, 0.6) is 11.5 Å². The SMILES string of the molecule is Cc1cc(O)c(O)cc1CCNC(=S)Nc1ccc(Cl)cc1C. The van der Waals surface area contributed by atoms with E-state index in [1.54, 1.807) is 12.1 Å². The molecule has 0 atom stereocenters. The molecule has 2 aromatic carbocycles. The quantitative estimate of drug-likeness (QED) is 0.497. The van der Waals surface area contributed by atoms with Crippen molar-refractivity contribution < 1.29 is 10.2 Å². The molecule has 0 aliphatic rings. The lowest BCUT2D eigenvalue weighted by atomic mass is 10.0. The van der Waals surface area contributed by atoms with Crippen molar-refractivity contribution in [3.8, 4) is 11.5 Å². The standard InChI is InChI=1S/C17H19ClN2O2S/c1-10-8-15(21)16(22)9-12(10)5-6-19-17(23)20-14-4-3-13(18)7-11(14)2/h3-4,7-9,21-22H,5-6H2,1-2H3,(H2,19,20,23). The van der Waals surface area contributed by atoms with Gasteiger partial charge in [-0.05, 0) is 79.5 Å². The van der Waals surface area contributed by atoms with E-state index >= 15 is 0 Å². The molecule has 0 heterocycles. The van der Waals surface area contributed by atoms with Crippen molar-refractivity contribution in [3.05, 3.63) is 52.0 Å². The maximum Gasteiger partial charge on any atom is 0.170 e. The zero-order valence-electron chi connectivity index (χ0n) is 13.0. The number of aromatic hydroxyl groups is 2. The molecule has 0 spiro atoms. The summed E-state index contributed by atoms with van der Waals surface area (Å²) in [5.74, 6) is -0.210. The van der Waals surface area contributed by atoms with E-state index in [9.17, 15) is 10.2 Å². The van der Waals surface area contributed by atoms with Crippen LogP contribution in [0.1, 0.15) is 16.7 Å². The van der Waals surface area contributed by atoms with Crippen LogP contribution in [0.3, 0.4) is 0 Å². The lowest BCUT2D eigenvalue weighted by Gasteiger charge is -2.13. The third-order valence-corrected chi connectivity index (χ3v) is 4.03. The van der Waals surface area contributed by atoms with Gasteiger partial charge in [0.15, 0.2) is 16.6 Å². The summed E-state index contributed by atoms with van der Waals surface area (Å²) in [4.78, 5) is 0. The lowest BCUT2D eigenvalue weighted by Crippen LogP contribution is -2.30. The second-order valence-corrected chi connectivity index (χ2v) is 6.20. The van der Waals surface area contributed by atoms with Crippen LogP contribution in [0.2, 0.25) is 5.02 Å². The number of aryl methyl sites for hydroxylation is 2. The van der Waals surface area contributed by atoms with Crippen molar-refractivity contribution in [3.63, 3.8) is 0 Å². The van der Waals surface area contributed by atoms with Crippen LogP contribution in [0.4, 0.5) is 5.69 Å². The molecule has 4 nitrogen and oxygen atoms in total. The second-order valence-electron chi connectivity index (χ2n) is 5.36. The van der Waals surface area contributed by atoms with E-state index < -0.39 is 0 Å². The molecule has 122 valence electrons. The van der Waals surface area contributed by atoms with Crippen LogP contribution in [-0.2, 0) is 6.42 Å². The average Bonchev–Trinajstić information content (AvgIpc) is 2.47. The topological polar surface area (TPSA) is 64.5 Å². The van der Waals surface area contributed by atoms with Crippen LogP contribution in [0.15, 0.2) is 30.3 Å². The Morgan fingerprint density at radius 2 is 1.78 bits per heavy atom. The Morgan fingerprint density at radius 3 is 2.48 bits per heavy atom. The number of hydrogen-bond donors (Lipinski definition) is 4. The fourth-order valence-electron chi connectivity index (χ4n) is 2.24. The molecule has 0 aliphatic carbocycles. The molecule has 0 fully saturated rings. The number of phenolic OH excluding ortho intramolecular Hbond substituents is 2. The summed E-state index contributed by atoms with van der Waals surface area (Å²) >= 11 is 11.2. The van der Waals surface area contributed by atoms with Crippen molar-refractivity contribution in [2.45, 2.75) is 20.3 Å². The van der Waals surface area contributed by atoms with Gasteiger partial charge in [0, 0.05) is 17.3 Å². The van der Waals surface area contributed by atoms with E-state index in [-0.39, 0.29) is 11.5 Å². The minimum absolute atomic E-state index is 0.102. The Bertz CT molecular complexity index is 735. The predicted octanol–water partition coefficient (Wildman–Crippen LogP) is 3.90. The maximum absolute atomic E-state index is 9.56. The van der Waals surface area contributed by atoms with Crippen molar-refractivity contribution >= 4 is 34.6 Å². The van der Waals surface area contributed by atoms with Crippen LogP contribution in [0, 0.1) is 13.8 Å². The third kappa shape index (κ3) is 4.74. The molecule has 2 rings (SSSR count). The molecular weight excluding hydrogens is 332 g/mol. The summed E-state index contributed by atoms with van der Waals surface area (Å²) in [5, 5.41) is 26.5. The number of anilines is 1. The van der Waals surface area contributed by atoms with Gasteiger partial charge in [0.25, 0.3) is 0 Å². The molecule has 0 radical (unpaired) electrons. The molecule has 0 aliphatic heterocycles. The van der Waals surface area contributed by atoms with Gasteiger partial charge in [-0.25, -0.2) is 0 Å². The first-order valence-corrected chi connectivity index (χ1v) is 7.98. The number of thiocarbonyl (C=S) groups is 1. The molecule has 6 heteroatoms. The molecule has 0 saturated heterocycles. The summed E-state index contributed by atoms with van der Waals surface area (Å²) in [5.41, 5.74) is 3.80. The van der Waals surface area contributed by atoms with Gasteiger partial charge in [0.05, 0.1) is 0 Å². The highest BCUT2D eigenvalue weighted by atomic mass is 35.5. The molecular formula is C17H19ClN2O2S. The summed E-state index contributed by atoms with van der Waals surface area (Å²) in [6, 6.07) is 8.69. The first-order chi connectivity index (χ1) is 10.9. The normalized spacial score (nSPS) is 10.4. The van der Waals surface area contributed by atoms with Gasteiger partial charge in [0.2, 0.25) is 0 Å². The van der Waals surface area contributed by atoms with Gasteiger partial charge >= 0.3 is 0 Å². The number of rotatable bonds is 4. The first kappa shape index (κ1) is 17.4. The van der Waals surface area contributed by atoms with E-state index in [0.29, 0.717) is 23.1 Å². The van der Waals surface area contributed by atoms with Crippen LogP contribution >= 0.6 is 23.8 Å². The Balaban J connectivity index is 1.89. The van der Waals surface area contributed by atoms with Crippen molar-refractivity contribution in [2.24, 2.45) is 0 Å². The van der Waals surface area contributed by atoms with E-state index in [4.69, 9.17) is 23.8 Å². The van der Waals surface area contributed by atoms with Gasteiger partial charge in [-0.3, -0.25) is 0 Å². The molecule has 0 aromatic heterocycles. The van der Waals surface area contributed by atoms with Crippen molar-refractivity contribution in [1.82, 2.24) is 5.32 Å². The second kappa shape index (κ2) is 7.53. The summed E-state index contributed by atoms with van der Waals surface area (Å²) in [6.45, 7) is 4.46. The lowest BCUT2D eigenvalue weighted by molar-refractivity contribution is 0.402.